The topological polar surface area (TPSA) is 51.0 Å². The van der Waals surface area contributed by atoms with Gasteiger partial charge in [0.2, 0.25) is 0 Å². The number of aromatic nitrogens is 3. The van der Waals surface area contributed by atoms with E-state index in [1.807, 2.05) is 18.5 Å². The van der Waals surface area contributed by atoms with Crippen LogP contribution in [-0.4, -0.2) is 32.5 Å². The molecule has 0 atom stereocenters. The summed E-state index contributed by atoms with van der Waals surface area (Å²) in [6.45, 7) is 2.92. The molecule has 0 aromatic carbocycles. The Morgan fingerprint density at radius 2 is 1.86 bits per heavy atom. The Labute approximate surface area is 165 Å². The zero-order valence-electron chi connectivity index (χ0n) is 16.3. The largest absolute Gasteiger partial charge is 0.319 e. The second-order valence-electron chi connectivity index (χ2n) is 8.36. The lowest BCUT2D eigenvalue weighted by molar-refractivity contribution is 0.203. The van der Waals surface area contributed by atoms with Gasteiger partial charge in [-0.15, -0.1) is 0 Å². The highest BCUT2D eigenvalue weighted by Gasteiger charge is 2.25. The molecule has 2 fully saturated rings. The van der Waals surface area contributed by atoms with Crippen LogP contribution < -0.4 is 5.56 Å². The van der Waals surface area contributed by atoms with Crippen LogP contribution in [0.2, 0.25) is 0 Å². The number of likely N-dealkylation sites (tertiary alicyclic amines) is 1. The van der Waals surface area contributed by atoms with E-state index in [0.29, 0.717) is 5.92 Å². The predicted octanol–water partition coefficient (Wildman–Crippen LogP) is 3.59. The van der Waals surface area contributed by atoms with Crippen LogP contribution in [-0.2, 0) is 13.6 Å². The maximum absolute atomic E-state index is 11.8. The molecule has 0 spiro atoms. The highest BCUT2D eigenvalue weighted by molar-refractivity contribution is 5.75. The van der Waals surface area contributed by atoms with Crippen LogP contribution in [0.25, 0.3) is 11.0 Å². The van der Waals surface area contributed by atoms with Gasteiger partial charge in [0, 0.05) is 49.1 Å². The first kappa shape index (κ1) is 17.6. The lowest BCUT2D eigenvalue weighted by atomic mass is 9.92. The molecule has 144 valence electrons. The van der Waals surface area contributed by atoms with Gasteiger partial charge in [0.1, 0.15) is 0 Å². The van der Waals surface area contributed by atoms with Crippen molar-refractivity contribution in [1.29, 1.82) is 0 Å². The van der Waals surface area contributed by atoms with E-state index in [9.17, 15) is 4.79 Å². The minimum atomic E-state index is 0.0603. The zero-order chi connectivity index (χ0) is 19.1. The standard InChI is InChI=1S/C23H26N4O/c1-26-9-6-16(12-22(26)28)15-27-10-7-18(8-11-27)21-5-4-19-13-20(17-2-3-17)14-24-23(19)25-21/h4-6,9,12-14,17-18H,2-3,7-8,10-11,15H2,1H3. The minimum absolute atomic E-state index is 0.0603. The van der Waals surface area contributed by atoms with Crippen LogP contribution in [0.5, 0.6) is 0 Å². The van der Waals surface area contributed by atoms with Crippen LogP contribution >= 0.6 is 0 Å². The number of piperidine rings is 1. The maximum atomic E-state index is 11.8. The van der Waals surface area contributed by atoms with Crippen molar-refractivity contribution >= 4 is 11.0 Å². The van der Waals surface area contributed by atoms with Crippen molar-refractivity contribution in [1.82, 2.24) is 19.4 Å². The summed E-state index contributed by atoms with van der Waals surface area (Å²) in [5, 5.41) is 1.16. The minimum Gasteiger partial charge on any atom is -0.319 e. The van der Waals surface area contributed by atoms with Gasteiger partial charge in [0.25, 0.3) is 5.56 Å². The van der Waals surface area contributed by atoms with Gasteiger partial charge >= 0.3 is 0 Å². The van der Waals surface area contributed by atoms with Gasteiger partial charge in [-0.05, 0) is 80.1 Å². The van der Waals surface area contributed by atoms with Crippen LogP contribution in [0.3, 0.4) is 0 Å². The average Bonchev–Trinajstić information content (AvgIpc) is 3.56. The molecule has 2 aliphatic rings. The second kappa shape index (κ2) is 7.13. The number of nitrogens with zero attached hydrogens (tertiary/aromatic N) is 4. The van der Waals surface area contributed by atoms with Crippen molar-refractivity contribution in [3.05, 3.63) is 69.9 Å². The number of pyridine rings is 3. The van der Waals surface area contributed by atoms with E-state index in [0.717, 1.165) is 55.0 Å². The summed E-state index contributed by atoms with van der Waals surface area (Å²) in [5.74, 6) is 1.22. The molecule has 1 saturated carbocycles. The molecule has 0 bridgehead atoms. The molecule has 3 aromatic rings. The maximum Gasteiger partial charge on any atom is 0.250 e. The lowest BCUT2D eigenvalue weighted by Gasteiger charge is -2.31. The number of rotatable bonds is 4. The van der Waals surface area contributed by atoms with Gasteiger partial charge in [0.05, 0.1) is 0 Å². The molecular formula is C23H26N4O. The summed E-state index contributed by atoms with van der Waals surface area (Å²) in [7, 11) is 1.79. The molecule has 0 unspecified atom stereocenters. The molecule has 1 aliphatic heterocycles. The Morgan fingerprint density at radius 3 is 2.61 bits per heavy atom. The molecule has 0 amide bonds. The predicted molar refractivity (Wildman–Crippen MR) is 110 cm³/mol. The summed E-state index contributed by atoms with van der Waals surface area (Å²) in [4.78, 5) is 23.8. The molecular weight excluding hydrogens is 348 g/mol. The first-order valence-electron chi connectivity index (χ1n) is 10.3. The molecule has 1 aliphatic carbocycles. The van der Waals surface area contributed by atoms with E-state index >= 15 is 0 Å². The van der Waals surface area contributed by atoms with Gasteiger partial charge in [-0.3, -0.25) is 9.69 Å². The van der Waals surface area contributed by atoms with Gasteiger partial charge in [0.15, 0.2) is 5.65 Å². The molecule has 0 N–H and O–H groups in total. The fourth-order valence-corrected chi connectivity index (χ4v) is 4.24. The number of aryl methyl sites for hydroxylation is 1. The van der Waals surface area contributed by atoms with Gasteiger partial charge < -0.3 is 4.57 Å². The fraction of sp³-hybridized carbons (Fsp3) is 0.435. The van der Waals surface area contributed by atoms with E-state index in [1.165, 1.54) is 24.1 Å². The second-order valence-corrected chi connectivity index (χ2v) is 8.36. The van der Waals surface area contributed by atoms with Crippen LogP contribution in [0, 0.1) is 0 Å². The molecule has 28 heavy (non-hydrogen) atoms. The molecule has 3 aromatic heterocycles. The third kappa shape index (κ3) is 3.59. The summed E-state index contributed by atoms with van der Waals surface area (Å²) in [6.07, 6.45) is 8.67. The van der Waals surface area contributed by atoms with Gasteiger partial charge in [-0.25, -0.2) is 9.97 Å². The molecule has 4 heterocycles. The summed E-state index contributed by atoms with van der Waals surface area (Å²) in [5.41, 5.74) is 4.58. The summed E-state index contributed by atoms with van der Waals surface area (Å²) < 4.78 is 1.61. The summed E-state index contributed by atoms with van der Waals surface area (Å²) >= 11 is 0. The summed E-state index contributed by atoms with van der Waals surface area (Å²) in [6, 6.07) is 10.5. The normalized spacial score (nSPS) is 18.6. The van der Waals surface area contributed by atoms with Crippen molar-refractivity contribution in [3.63, 3.8) is 0 Å². The van der Waals surface area contributed by atoms with Crippen LogP contribution in [0.1, 0.15) is 54.3 Å². The Kier molecular flexibility index (Phi) is 4.47. The van der Waals surface area contributed by atoms with Crippen LogP contribution in [0.15, 0.2) is 47.5 Å². The lowest BCUT2D eigenvalue weighted by Crippen LogP contribution is -2.33. The number of fused-ring (bicyclic) bond motifs is 1. The zero-order valence-corrected chi connectivity index (χ0v) is 16.3. The third-order valence-electron chi connectivity index (χ3n) is 6.21. The first-order chi connectivity index (χ1) is 13.7. The van der Waals surface area contributed by atoms with Crippen molar-refractivity contribution in [2.45, 2.75) is 44.1 Å². The molecule has 5 rings (SSSR count). The fourth-order valence-electron chi connectivity index (χ4n) is 4.24. The van der Waals surface area contributed by atoms with Crippen molar-refractivity contribution < 1.29 is 0 Å². The van der Waals surface area contributed by atoms with Crippen molar-refractivity contribution in [2.24, 2.45) is 7.05 Å². The Balaban J connectivity index is 1.25. The number of hydrogen-bond acceptors (Lipinski definition) is 4. The molecule has 1 saturated heterocycles. The van der Waals surface area contributed by atoms with E-state index < -0.39 is 0 Å². The molecule has 0 radical (unpaired) electrons. The Morgan fingerprint density at radius 1 is 1.04 bits per heavy atom. The van der Waals surface area contributed by atoms with Crippen molar-refractivity contribution in [3.8, 4) is 0 Å². The van der Waals surface area contributed by atoms with E-state index in [2.05, 4.69) is 28.1 Å². The average molecular weight is 374 g/mol. The Bertz CT molecular complexity index is 1060. The van der Waals surface area contributed by atoms with Gasteiger partial charge in [-0.1, -0.05) is 0 Å². The third-order valence-corrected chi connectivity index (χ3v) is 6.21. The highest BCUT2D eigenvalue weighted by Crippen LogP contribution is 2.40. The van der Waals surface area contributed by atoms with E-state index in [-0.39, 0.29) is 5.56 Å². The van der Waals surface area contributed by atoms with Crippen molar-refractivity contribution in [2.75, 3.05) is 13.1 Å². The van der Waals surface area contributed by atoms with Gasteiger partial charge in [-0.2, -0.15) is 0 Å². The van der Waals surface area contributed by atoms with E-state index in [4.69, 9.17) is 4.98 Å². The highest BCUT2D eigenvalue weighted by atomic mass is 16.1. The quantitative estimate of drug-likeness (QED) is 0.700. The smallest absolute Gasteiger partial charge is 0.250 e. The van der Waals surface area contributed by atoms with Crippen LogP contribution in [0.4, 0.5) is 0 Å². The Hall–Kier alpha value is -2.53. The monoisotopic (exact) mass is 374 g/mol. The molecule has 5 nitrogen and oxygen atoms in total. The molecule has 5 heteroatoms. The first-order valence-corrected chi connectivity index (χ1v) is 10.3. The van der Waals surface area contributed by atoms with E-state index in [1.54, 1.807) is 17.7 Å². The number of hydrogen-bond donors (Lipinski definition) is 0. The SMILES string of the molecule is Cn1ccc(CN2CCC(c3ccc4cc(C5CC5)cnc4n3)CC2)cc1=O.